The zero-order chi connectivity index (χ0) is 19.3. The van der Waals surface area contributed by atoms with Crippen LogP contribution in [0.25, 0.3) is 0 Å². The van der Waals surface area contributed by atoms with E-state index in [0.717, 1.165) is 32.4 Å². The number of carbonyl (C=O) groups excluding carboxylic acids is 1. The van der Waals surface area contributed by atoms with Gasteiger partial charge in [0.25, 0.3) is 5.91 Å². The Morgan fingerprint density at radius 2 is 1.89 bits per heavy atom. The largest absolute Gasteiger partial charge is 0.360 e. The number of anilines is 2. The smallest absolute Gasteiger partial charge is 0.260 e. The van der Waals surface area contributed by atoms with Crippen LogP contribution in [0.4, 0.5) is 11.8 Å². The van der Waals surface area contributed by atoms with Crippen molar-refractivity contribution in [1.29, 1.82) is 0 Å². The molecule has 7 heteroatoms. The molecule has 1 amide bonds. The van der Waals surface area contributed by atoms with Crippen molar-refractivity contribution >= 4 is 17.7 Å². The number of aryl methyl sites for hydroxylation is 1. The average molecular weight is 377 g/mol. The van der Waals surface area contributed by atoms with Crippen molar-refractivity contribution in [3.05, 3.63) is 65.7 Å². The van der Waals surface area contributed by atoms with E-state index >= 15 is 0 Å². The fourth-order valence-corrected chi connectivity index (χ4v) is 3.50. The summed E-state index contributed by atoms with van der Waals surface area (Å²) in [5.74, 6) is 2.08. The number of carbonyl (C=O) groups is 1. The number of nitrogens with one attached hydrogen (secondary N) is 1. The number of hydrogen-bond acceptors (Lipinski definition) is 6. The summed E-state index contributed by atoms with van der Waals surface area (Å²) in [4.78, 5) is 23.2. The van der Waals surface area contributed by atoms with Crippen LogP contribution in [0.15, 0.2) is 53.3 Å². The van der Waals surface area contributed by atoms with Crippen molar-refractivity contribution < 1.29 is 9.32 Å². The number of nitrogens with zero attached hydrogens (tertiary/aromatic N) is 4. The van der Waals surface area contributed by atoms with Crippen molar-refractivity contribution in [2.75, 3.05) is 23.3 Å². The maximum atomic E-state index is 12.2. The van der Waals surface area contributed by atoms with Gasteiger partial charge in [0, 0.05) is 31.5 Å². The average Bonchev–Trinajstić information content (AvgIpc) is 3.14. The topological polar surface area (TPSA) is 84.2 Å². The lowest BCUT2D eigenvalue weighted by molar-refractivity contribution is 0.102. The van der Waals surface area contributed by atoms with E-state index in [-0.39, 0.29) is 5.91 Å². The standard InChI is InChI=1S/C21H23N5O2/c1-15-11-19(25-28-15)24-20(27)18-13-22-21(23-14-18)26-9-7-17(8-10-26)12-16-5-3-2-4-6-16/h2-6,11,13-14,17H,7-10,12H2,1H3,(H,24,25,27). The van der Waals surface area contributed by atoms with Crippen LogP contribution in [-0.2, 0) is 6.42 Å². The van der Waals surface area contributed by atoms with Crippen molar-refractivity contribution in [2.24, 2.45) is 5.92 Å². The van der Waals surface area contributed by atoms with Gasteiger partial charge >= 0.3 is 0 Å². The van der Waals surface area contributed by atoms with E-state index in [2.05, 4.69) is 55.7 Å². The molecule has 3 heterocycles. The normalized spacial score (nSPS) is 14.8. The molecule has 0 aliphatic carbocycles. The number of rotatable bonds is 5. The second kappa shape index (κ2) is 8.21. The van der Waals surface area contributed by atoms with Crippen molar-refractivity contribution in [3.63, 3.8) is 0 Å². The highest BCUT2D eigenvalue weighted by molar-refractivity contribution is 6.03. The number of aromatic nitrogens is 3. The molecule has 2 aromatic heterocycles. The molecule has 1 N–H and O–H groups in total. The second-order valence-corrected chi connectivity index (χ2v) is 7.17. The summed E-state index contributed by atoms with van der Waals surface area (Å²) in [6.45, 7) is 3.63. The van der Waals surface area contributed by atoms with E-state index in [1.165, 1.54) is 5.56 Å². The third-order valence-corrected chi connectivity index (χ3v) is 5.03. The summed E-state index contributed by atoms with van der Waals surface area (Å²) >= 11 is 0. The molecule has 0 saturated carbocycles. The van der Waals surface area contributed by atoms with Gasteiger partial charge in [0.15, 0.2) is 5.82 Å². The summed E-state index contributed by atoms with van der Waals surface area (Å²) in [5, 5.41) is 6.42. The minimum absolute atomic E-state index is 0.304. The van der Waals surface area contributed by atoms with Crippen molar-refractivity contribution in [3.8, 4) is 0 Å². The van der Waals surface area contributed by atoms with E-state index < -0.39 is 0 Å². The first-order chi connectivity index (χ1) is 13.7. The van der Waals surface area contributed by atoms with Crippen LogP contribution in [0.2, 0.25) is 0 Å². The molecule has 0 bridgehead atoms. The molecular weight excluding hydrogens is 354 g/mol. The van der Waals surface area contributed by atoms with Gasteiger partial charge < -0.3 is 14.7 Å². The first-order valence-corrected chi connectivity index (χ1v) is 9.53. The second-order valence-electron chi connectivity index (χ2n) is 7.17. The molecule has 4 rings (SSSR count). The van der Waals surface area contributed by atoms with Crippen LogP contribution < -0.4 is 10.2 Å². The summed E-state index contributed by atoms with van der Waals surface area (Å²) in [6, 6.07) is 12.3. The molecule has 1 aromatic carbocycles. The third kappa shape index (κ3) is 4.36. The molecule has 144 valence electrons. The van der Waals surface area contributed by atoms with Gasteiger partial charge in [0.1, 0.15) is 5.76 Å². The lowest BCUT2D eigenvalue weighted by Gasteiger charge is -2.32. The fourth-order valence-electron chi connectivity index (χ4n) is 3.50. The first kappa shape index (κ1) is 18.2. The summed E-state index contributed by atoms with van der Waals surface area (Å²) in [7, 11) is 0. The van der Waals surface area contributed by atoms with Crippen LogP contribution in [0.1, 0.15) is 34.5 Å². The van der Waals surface area contributed by atoms with E-state index in [9.17, 15) is 4.79 Å². The molecule has 1 saturated heterocycles. The van der Waals surface area contributed by atoms with Crippen LogP contribution in [-0.4, -0.2) is 34.1 Å². The number of piperidine rings is 1. The van der Waals surface area contributed by atoms with E-state index in [0.29, 0.717) is 29.0 Å². The molecule has 1 aliphatic heterocycles. The fraction of sp³-hybridized carbons (Fsp3) is 0.333. The minimum atomic E-state index is -0.304. The van der Waals surface area contributed by atoms with Gasteiger partial charge in [-0.3, -0.25) is 4.79 Å². The zero-order valence-corrected chi connectivity index (χ0v) is 15.8. The molecule has 3 aromatic rings. The van der Waals surface area contributed by atoms with E-state index in [4.69, 9.17) is 4.52 Å². The molecule has 1 fully saturated rings. The van der Waals surface area contributed by atoms with E-state index in [1.807, 2.05) is 0 Å². The van der Waals surface area contributed by atoms with Gasteiger partial charge in [-0.15, -0.1) is 0 Å². The van der Waals surface area contributed by atoms with Gasteiger partial charge in [-0.05, 0) is 37.7 Å². The maximum absolute atomic E-state index is 12.2. The van der Waals surface area contributed by atoms with Gasteiger partial charge in [-0.1, -0.05) is 35.5 Å². The Hall–Kier alpha value is -3.22. The van der Waals surface area contributed by atoms with Crippen molar-refractivity contribution in [2.45, 2.75) is 26.2 Å². The quantitative estimate of drug-likeness (QED) is 0.733. The predicted molar refractivity (Wildman–Crippen MR) is 106 cm³/mol. The van der Waals surface area contributed by atoms with E-state index in [1.54, 1.807) is 25.4 Å². The summed E-state index contributed by atoms with van der Waals surface area (Å²) in [5.41, 5.74) is 1.79. The lowest BCUT2D eigenvalue weighted by atomic mass is 9.90. The molecule has 0 radical (unpaired) electrons. The van der Waals surface area contributed by atoms with Crippen LogP contribution in [0.5, 0.6) is 0 Å². The Labute approximate surface area is 163 Å². The minimum Gasteiger partial charge on any atom is -0.360 e. The third-order valence-electron chi connectivity index (χ3n) is 5.03. The summed E-state index contributed by atoms with van der Waals surface area (Å²) < 4.78 is 4.94. The molecule has 0 atom stereocenters. The summed E-state index contributed by atoms with van der Waals surface area (Å²) in [6.07, 6.45) is 6.47. The predicted octanol–water partition coefficient (Wildman–Crippen LogP) is 3.48. The highest BCUT2D eigenvalue weighted by Gasteiger charge is 2.21. The Balaban J connectivity index is 1.31. The van der Waals surface area contributed by atoms with Crippen LogP contribution in [0.3, 0.4) is 0 Å². The van der Waals surface area contributed by atoms with Crippen LogP contribution >= 0.6 is 0 Å². The highest BCUT2D eigenvalue weighted by atomic mass is 16.5. The molecule has 0 spiro atoms. The lowest BCUT2D eigenvalue weighted by Crippen LogP contribution is -2.35. The maximum Gasteiger partial charge on any atom is 0.260 e. The highest BCUT2D eigenvalue weighted by Crippen LogP contribution is 2.24. The SMILES string of the molecule is Cc1cc(NC(=O)c2cnc(N3CCC(Cc4ccccc4)CC3)nc2)no1. The first-order valence-electron chi connectivity index (χ1n) is 9.53. The van der Waals surface area contributed by atoms with Gasteiger partial charge in [0.05, 0.1) is 5.56 Å². The Kier molecular flexibility index (Phi) is 5.32. The van der Waals surface area contributed by atoms with Gasteiger partial charge in [0.2, 0.25) is 5.95 Å². The molecule has 28 heavy (non-hydrogen) atoms. The monoisotopic (exact) mass is 377 g/mol. The Morgan fingerprint density at radius 1 is 1.18 bits per heavy atom. The number of hydrogen-bond donors (Lipinski definition) is 1. The van der Waals surface area contributed by atoms with Crippen LogP contribution in [0, 0.1) is 12.8 Å². The Morgan fingerprint density at radius 3 is 2.54 bits per heavy atom. The zero-order valence-electron chi connectivity index (χ0n) is 15.8. The molecule has 7 nitrogen and oxygen atoms in total. The molecular formula is C21H23N5O2. The van der Waals surface area contributed by atoms with Gasteiger partial charge in [-0.2, -0.15) is 0 Å². The molecule has 1 aliphatic rings. The number of benzene rings is 1. The van der Waals surface area contributed by atoms with Gasteiger partial charge in [-0.25, -0.2) is 9.97 Å². The van der Waals surface area contributed by atoms with Crippen molar-refractivity contribution in [1.82, 2.24) is 15.1 Å². The Bertz CT molecular complexity index is 915. The molecule has 0 unspecified atom stereocenters. The number of amides is 1.